The van der Waals surface area contributed by atoms with Crippen LogP contribution in [0.25, 0.3) is 0 Å². The molecule has 0 spiro atoms. The number of benzene rings is 1. The van der Waals surface area contributed by atoms with Crippen molar-refractivity contribution in [1.82, 2.24) is 5.32 Å². The smallest absolute Gasteiger partial charge is 0.142 e. The minimum absolute atomic E-state index is 0.0573. The van der Waals surface area contributed by atoms with E-state index < -0.39 is 0 Å². The summed E-state index contributed by atoms with van der Waals surface area (Å²) in [5.41, 5.74) is 2.40. The van der Waals surface area contributed by atoms with Crippen LogP contribution in [0, 0.1) is 0 Å². The molecule has 0 heterocycles. The zero-order chi connectivity index (χ0) is 13.8. The number of ether oxygens (including phenoxy) is 1. The summed E-state index contributed by atoms with van der Waals surface area (Å²) in [6.07, 6.45) is 0. The van der Waals surface area contributed by atoms with Gasteiger partial charge in [0, 0.05) is 12.1 Å². The van der Waals surface area contributed by atoms with Crippen LogP contribution in [0.5, 0.6) is 5.75 Å². The second kappa shape index (κ2) is 6.10. The Labute approximate surface area is 111 Å². The molecule has 3 nitrogen and oxygen atoms in total. The van der Waals surface area contributed by atoms with E-state index in [0.717, 1.165) is 18.0 Å². The van der Waals surface area contributed by atoms with E-state index in [2.05, 4.69) is 56.5 Å². The number of nitrogens with one attached hydrogen (secondary N) is 2. The van der Waals surface area contributed by atoms with Crippen LogP contribution in [0.3, 0.4) is 0 Å². The minimum atomic E-state index is 0.0573. The van der Waals surface area contributed by atoms with E-state index >= 15 is 0 Å². The van der Waals surface area contributed by atoms with Crippen LogP contribution in [-0.2, 0) is 0 Å². The first-order chi connectivity index (χ1) is 8.39. The van der Waals surface area contributed by atoms with Gasteiger partial charge in [-0.05, 0) is 44.5 Å². The summed E-state index contributed by atoms with van der Waals surface area (Å²) >= 11 is 0. The monoisotopic (exact) mass is 250 g/mol. The second-order valence-corrected chi connectivity index (χ2v) is 5.60. The van der Waals surface area contributed by atoms with Gasteiger partial charge in [-0.3, -0.25) is 0 Å². The normalized spacial score (nSPS) is 11.7. The third kappa shape index (κ3) is 3.91. The summed E-state index contributed by atoms with van der Waals surface area (Å²) in [7, 11) is 3.69. The molecule has 1 rings (SSSR count). The minimum Gasteiger partial charge on any atom is -0.495 e. The van der Waals surface area contributed by atoms with Crippen LogP contribution in [0.15, 0.2) is 18.2 Å². The van der Waals surface area contributed by atoms with E-state index in [4.69, 9.17) is 4.74 Å². The van der Waals surface area contributed by atoms with Gasteiger partial charge in [-0.2, -0.15) is 0 Å². The molecule has 0 aromatic heterocycles. The highest BCUT2D eigenvalue weighted by atomic mass is 16.5. The Morgan fingerprint density at radius 3 is 2.44 bits per heavy atom. The highest BCUT2D eigenvalue weighted by Gasteiger charge is 2.15. The van der Waals surface area contributed by atoms with Gasteiger partial charge in [0.25, 0.3) is 0 Å². The van der Waals surface area contributed by atoms with Crippen LogP contribution < -0.4 is 15.4 Å². The molecule has 0 amide bonds. The van der Waals surface area contributed by atoms with Gasteiger partial charge in [-0.25, -0.2) is 0 Å². The first-order valence-electron chi connectivity index (χ1n) is 6.50. The van der Waals surface area contributed by atoms with Crippen molar-refractivity contribution in [3.05, 3.63) is 23.8 Å². The standard InChI is InChI=1S/C15H26N2O/c1-11(2)12-7-8-13(14(9-12)18-6)17-10-15(3,4)16-5/h7-9,11,16-17H,10H2,1-6H3. The largest absolute Gasteiger partial charge is 0.495 e. The predicted octanol–water partition coefficient (Wildman–Crippen LogP) is 3.23. The van der Waals surface area contributed by atoms with Crippen molar-refractivity contribution < 1.29 is 4.74 Å². The zero-order valence-corrected chi connectivity index (χ0v) is 12.4. The van der Waals surface area contributed by atoms with E-state index in [9.17, 15) is 0 Å². The van der Waals surface area contributed by atoms with Crippen LogP contribution in [0.2, 0.25) is 0 Å². The van der Waals surface area contributed by atoms with Gasteiger partial charge in [-0.15, -0.1) is 0 Å². The number of likely N-dealkylation sites (N-methyl/N-ethyl adjacent to an activating group) is 1. The van der Waals surface area contributed by atoms with Crippen molar-refractivity contribution in [3.8, 4) is 5.75 Å². The summed E-state index contributed by atoms with van der Waals surface area (Å²) in [6.45, 7) is 9.54. The van der Waals surface area contributed by atoms with E-state index in [1.165, 1.54) is 5.56 Å². The van der Waals surface area contributed by atoms with Crippen molar-refractivity contribution in [2.75, 3.05) is 26.0 Å². The summed E-state index contributed by atoms with van der Waals surface area (Å²) < 4.78 is 5.45. The fourth-order valence-electron chi connectivity index (χ4n) is 1.62. The fraction of sp³-hybridized carbons (Fsp3) is 0.600. The van der Waals surface area contributed by atoms with Gasteiger partial charge in [0.1, 0.15) is 5.75 Å². The molecule has 0 radical (unpaired) electrons. The zero-order valence-electron chi connectivity index (χ0n) is 12.4. The molecule has 18 heavy (non-hydrogen) atoms. The molecule has 0 unspecified atom stereocenters. The Morgan fingerprint density at radius 1 is 1.28 bits per heavy atom. The lowest BCUT2D eigenvalue weighted by Gasteiger charge is -2.25. The van der Waals surface area contributed by atoms with E-state index in [-0.39, 0.29) is 5.54 Å². The van der Waals surface area contributed by atoms with Crippen LogP contribution >= 0.6 is 0 Å². The van der Waals surface area contributed by atoms with Gasteiger partial charge in [0.05, 0.1) is 12.8 Å². The van der Waals surface area contributed by atoms with Gasteiger partial charge >= 0.3 is 0 Å². The molecule has 3 heteroatoms. The lowest BCUT2D eigenvalue weighted by molar-refractivity contribution is 0.413. The average Bonchev–Trinajstić information content (AvgIpc) is 2.36. The number of anilines is 1. The maximum Gasteiger partial charge on any atom is 0.142 e. The first-order valence-corrected chi connectivity index (χ1v) is 6.50. The molecule has 102 valence electrons. The summed E-state index contributed by atoms with van der Waals surface area (Å²) in [6, 6.07) is 6.36. The maximum atomic E-state index is 5.45. The van der Waals surface area contributed by atoms with Crippen molar-refractivity contribution in [2.24, 2.45) is 0 Å². The molecule has 0 saturated heterocycles. The van der Waals surface area contributed by atoms with E-state index in [1.807, 2.05) is 7.05 Å². The predicted molar refractivity (Wildman–Crippen MR) is 78.7 cm³/mol. The molecule has 1 aromatic rings. The van der Waals surface area contributed by atoms with Crippen LogP contribution in [-0.4, -0.2) is 26.2 Å². The average molecular weight is 250 g/mol. The Hall–Kier alpha value is -1.22. The van der Waals surface area contributed by atoms with Gasteiger partial charge in [-0.1, -0.05) is 19.9 Å². The lowest BCUT2D eigenvalue weighted by Crippen LogP contribution is -2.42. The first kappa shape index (κ1) is 14.8. The molecule has 2 N–H and O–H groups in total. The second-order valence-electron chi connectivity index (χ2n) is 5.60. The highest BCUT2D eigenvalue weighted by Crippen LogP contribution is 2.29. The molecule has 0 atom stereocenters. The van der Waals surface area contributed by atoms with Crippen LogP contribution in [0.4, 0.5) is 5.69 Å². The Balaban J connectivity index is 2.83. The Bertz CT molecular complexity index is 386. The van der Waals surface area contributed by atoms with Crippen molar-refractivity contribution in [2.45, 2.75) is 39.2 Å². The third-order valence-electron chi connectivity index (χ3n) is 3.29. The van der Waals surface area contributed by atoms with Gasteiger partial charge < -0.3 is 15.4 Å². The molecular weight excluding hydrogens is 224 g/mol. The third-order valence-corrected chi connectivity index (χ3v) is 3.29. The number of methoxy groups -OCH3 is 1. The maximum absolute atomic E-state index is 5.45. The topological polar surface area (TPSA) is 33.3 Å². The highest BCUT2D eigenvalue weighted by molar-refractivity contribution is 5.58. The molecule has 1 aromatic carbocycles. The van der Waals surface area contributed by atoms with Crippen molar-refractivity contribution in [1.29, 1.82) is 0 Å². The lowest BCUT2D eigenvalue weighted by atomic mass is 10.0. The number of hydrogen-bond donors (Lipinski definition) is 2. The van der Waals surface area contributed by atoms with Crippen molar-refractivity contribution >= 4 is 5.69 Å². The molecule has 0 saturated carbocycles. The number of hydrogen-bond acceptors (Lipinski definition) is 3. The van der Waals surface area contributed by atoms with E-state index in [1.54, 1.807) is 7.11 Å². The fourth-order valence-corrected chi connectivity index (χ4v) is 1.62. The SMILES string of the molecule is CNC(C)(C)CNc1ccc(C(C)C)cc1OC. The summed E-state index contributed by atoms with van der Waals surface area (Å²) in [5.74, 6) is 1.43. The molecule has 0 bridgehead atoms. The molecule has 0 fully saturated rings. The summed E-state index contributed by atoms with van der Waals surface area (Å²) in [4.78, 5) is 0. The molecule has 0 aliphatic heterocycles. The van der Waals surface area contributed by atoms with Gasteiger partial charge in [0.2, 0.25) is 0 Å². The molecule has 0 aliphatic rings. The van der Waals surface area contributed by atoms with Crippen molar-refractivity contribution in [3.63, 3.8) is 0 Å². The Morgan fingerprint density at radius 2 is 1.94 bits per heavy atom. The quantitative estimate of drug-likeness (QED) is 0.813. The summed E-state index contributed by atoms with van der Waals surface area (Å²) in [5, 5.41) is 6.71. The molecule has 0 aliphatic carbocycles. The Kier molecular flexibility index (Phi) is 5.03. The number of rotatable bonds is 6. The molecular formula is C15H26N2O. The van der Waals surface area contributed by atoms with Crippen LogP contribution in [0.1, 0.15) is 39.2 Å². The van der Waals surface area contributed by atoms with Gasteiger partial charge in [0.15, 0.2) is 0 Å². The van der Waals surface area contributed by atoms with E-state index in [0.29, 0.717) is 5.92 Å².